The first-order valence-corrected chi connectivity index (χ1v) is 7.39. The molecule has 0 spiro atoms. The summed E-state index contributed by atoms with van der Waals surface area (Å²) < 4.78 is 4.07. The van der Waals surface area contributed by atoms with E-state index in [0.717, 1.165) is 25.3 Å². The molecule has 0 bridgehead atoms. The second-order valence-electron chi connectivity index (χ2n) is 5.69. The fraction of sp³-hybridized carbons (Fsp3) is 0.600. The third kappa shape index (κ3) is 4.77. The van der Waals surface area contributed by atoms with Crippen molar-refractivity contribution in [2.45, 2.75) is 53.2 Å². The van der Waals surface area contributed by atoms with Gasteiger partial charge in [0.1, 0.15) is 5.82 Å². The molecule has 0 saturated heterocycles. The topological polar surface area (TPSA) is 47.7 Å². The molecule has 1 unspecified atom stereocenters. The monoisotopic (exact) mass is 311 g/mol. The lowest BCUT2D eigenvalue weighted by molar-refractivity contribution is 0.469. The van der Waals surface area contributed by atoms with E-state index in [1.165, 1.54) is 5.69 Å². The van der Waals surface area contributed by atoms with Crippen molar-refractivity contribution in [3.05, 3.63) is 30.2 Å². The van der Waals surface area contributed by atoms with Gasteiger partial charge in [0.05, 0.1) is 12.2 Å². The number of aromatic nitrogens is 4. The molecule has 2 aromatic heterocycles. The van der Waals surface area contributed by atoms with E-state index in [1.807, 2.05) is 23.1 Å². The molecule has 0 amide bonds. The standard InChI is InChI=1S/C15H25N5.ClH/c1-5-13(4)19-9-7-15(18-19)16-10-14-6-8-17-20(14)11-12(2)3;/h6-9,12-13H,5,10-11H2,1-4H3,(H,16,18);1H. The zero-order chi connectivity index (χ0) is 14.5. The normalized spacial score (nSPS) is 12.2. The van der Waals surface area contributed by atoms with Crippen molar-refractivity contribution in [3.63, 3.8) is 0 Å². The molecule has 21 heavy (non-hydrogen) atoms. The molecule has 0 aromatic carbocycles. The van der Waals surface area contributed by atoms with E-state index in [4.69, 9.17) is 0 Å². The van der Waals surface area contributed by atoms with Gasteiger partial charge in [0, 0.05) is 31.0 Å². The van der Waals surface area contributed by atoms with E-state index >= 15 is 0 Å². The third-order valence-electron chi connectivity index (χ3n) is 3.44. The Labute approximate surface area is 133 Å². The minimum Gasteiger partial charge on any atom is -0.363 e. The second-order valence-corrected chi connectivity index (χ2v) is 5.69. The molecule has 0 saturated carbocycles. The largest absolute Gasteiger partial charge is 0.363 e. The van der Waals surface area contributed by atoms with Gasteiger partial charge < -0.3 is 5.32 Å². The van der Waals surface area contributed by atoms with Gasteiger partial charge in [-0.25, -0.2) is 0 Å². The van der Waals surface area contributed by atoms with Crippen LogP contribution in [0.5, 0.6) is 0 Å². The van der Waals surface area contributed by atoms with Crippen molar-refractivity contribution >= 4 is 18.2 Å². The third-order valence-corrected chi connectivity index (χ3v) is 3.44. The van der Waals surface area contributed by atoms with Gasteiger partial charge in [-0.3, -0.25) is 9.36 Å². The average molecular weight is 312 g/mol. The van der Waals surface area contributed by atoms with E-state index in [1.54, 1.807) is 0 Å². The van der Waals surface area contributed by atoms with Crippen LogP contribution in [0, 0.1) is 5.92 Å². The van der Waals surface area contributed by atoms with Crippen LogP contribution < -0.4 is 5.32 Å². The Balaban J connectivity index is 0.00000220. The molecule has 0 aliphatic carbocycles. The highest BCUT2D eigenvalue weighted by molar-refractivity contribution is 5.85. The summed E-state index contributed by atoms with van der Waals surface area (Å²) in [4.78, 5) is 0. The number of anilines is 1. The van der Waals surface area contributed by atoms with E-state index < -0.39 is 0 Å². The number of nitrogens with zero attached hydrogens (tertiary/aromatic N) is 4. The van der Waals surface area contributed by atoms with Crippen LogP contribution in [0.4, 0.5) is 5.82 Å². The molecule has 1 N–H and O–H groups in total. The van der Waals surface area contributed by atoms with Crippen molar-refractivity contribution in [2.75, 3.05) is 5.32 Å². The molecule has 118 valence electrons. The Bertz CT molecular complexity index is 532. The van der Waals surface area contributed by atoms with E-state index in [-0.39, 0.29) is 12.4 Å². The lowest BCUT2D eigenvalue weighted by Crippen LogP contribution is -2.13. The summed E-state index contributed by atoms with van der Waals surface area (Å²) in [6, 6.07) is 4.52. The Morgan fingerprint density at radius 2 is 2.00 bits per heavy atom. The van der Waals surface area contributed by atoms with Gasteiger partial charge in [0.15, 0.2) is 0 Å². The predicted molar refractivity (Wildman–Crippen MR) is 88.9 cm³/mol. The van der Waals surface area contributed by atoms with Gasteiger partial charge in [-0.2, -0.15) is 10.2 Å². The summed E-state index contributed by atoms with van der Waals surface area (Å²) in [5, 5.41) is 12.3. The first-order valence-electron chi connectivity index (χ1n) is 7.39. The molecule has 0 radical (unpaired) electrons. The van der Waals surface area contributed by atoms with Gasteiger partial charge in [-0.1, -0.05) is 20.8 Å². The maximum Gasteiger partial charge on any atom is 0.148 e. The molecule has 2 aromatic rings. The number of nitrogens with one attached hydrogen (secondary N) is 1. The maximum atomic E-state index is 4.55. The van der Waals surface area contributed by atoms with Crippen LogP contribution in [0.15, 0.2) is 24.5 Å². The molecule has 2 rings (SSSR count). The Hall–Kier alpha value is -1.49. The zero-order valence-corrected chi connectivity index (χ0v) is 14.1. The molecular weight excluding hydrogens is 286 g/mol. The van der Waals surface area contributed by atoms with E-state index in [2.05, 4.69) is 54.0 Å². The van der Waals surface area contributed by atoms with Gasteiger partial charge >= 0.3 is 0 Å². The quantitative estimate of drug-likeness (QED) is 0.847. The van der Waals surface area contributed by atoms with E-state index in [9.17, 15) is 0 Å². The fourth-order valence-electron chi connectivity index (χ4n) is 2.07. The number of hydrogen-bond donors (Lipinski definition) is 1. The highest BCUT2D eigenvalue weighted by Crippen LogP contribution is 2.13. The molecule has 0 fully saturated rings. The minimum absolute atomic E-state index is 0. The molecule has 0 aliphatic heterocycles. The summed E-state index contributed by atoms with van der Waals surface area (Å²) in [5.74, 6) is 1.51. The number of rotatable bonds is 7. The average Bonchev–Trinajstić information content (AvgIpc) is 3.04. The zero-order valence-electron chi connectivity index (χ0n) is 13.3. The summed E-state index contributed by atoms with van der Waals surface area (Å²) in [6.07, 6.45) is 4.97. The number of hydrogen-bond acceptors (Lipinski definition) is 3. The molecular formula is C15H26ClN5. The van der Waals surface area contributed by atoms with Crippen molar-refractivity contribution in [1.29, 1.82) is 0 Å². The van der Waals surface area contributed by atoms with Crippen LogP contribution in [-0.2, 0) is 13.1 Å². The van der Waals surface area contributed by atoms with Crippen LogP contribution in [0.1, 0.15) is 45.9 Å². The highest BCUT2D eigenvalue weighted by atomic mass is 35.5. The first kappa shape index (κ1) is 17.6. The van der Waals surface area contributed by atoms with Crippen molar-refractivity contribution in [1.82, 2.24) is 19.6 Å². The summed E-state index contributed by atoms with van der Waals surface area (Å²) in [5.41, 5.74) is 1.19. The maximum absolute atomic E-state index is 4.55. The van der Waals surface area contributed by atoms with Gasteiger partial charge in [0.25, 0.3) is 0 Å². The lowest BCUT2D eigenvalue weighted by atomic mass is 10.2. The highest BCUT2D eigenvalue weighted by Gasteiger charge is 2.07. The van der Waals surface area contributed by atoms with Crippen LogP contribution in [-0.4, -0.2) is 19.6 Å². The summed E-state index contributed by atoms with van der Waals surface area (Å²) in [7, 11) is 0. The summed E-state index contributed by atoms with van der Waals surface area (Å²) >= 11 is 0. The first-order chi connectivity index (χ1) is 9.60. The van der Waals surface area contributed by atoms with Crippen molar-refractivity contribution < 1.29 is 0 Å². The van der Waals surface area contributed by atoms with Crippen molar-refractivity contribution in [3.8, 4) is 0 Å². The van der Waals surface area contributed by atoms with Crippen LogP contribution in [0.25, 0.3) is 0 Å². The van der Waals surface area contributed by atoms with E-state index in [0.29, 0.717) is 12.0 Å². The van der Waals surface area contributed by atoms with Crippen LogP contribution in [0.2, 0.25) is 0 Å². The number of halogens is 1. The fourth-order valence-corrected chi connectivity index (χ4v) is 2.07. The Kier molecular flexibility index (Phi) is 6.75. The Morgan fingerprint density at radius 1 is 1.24 bits per heavy atom. The second kappa shape index (κ2) is 8.08. The smallest absolute Gasteiger partial charge is 0.148 e. The lowest BCUT2D eigenvalue weighted by Gasteiger charge is -2.11. The molecule has 6 heteroatoms. The van der Waals surface area contributed by atoms with Gasteiger partial charge in [0.2, 0.25) is 0 Å². The van der Waals surface area contributed by atoms with Crippen LogP contribution in [0.3, 0.4) is 0 Å². The van der Waals surface area contributed by atoms with Crippen LogP contribution >= 0.6 is 12.4 Å². The SMILES string of the molecule is CCC(C)n1ccc(NCc2ccnn2CC(C)C)n1.Cl. The Morgan fingerprint density at radius 3 is 2.67 bits per heavy atom. The minimum atomic E-state index is 0. The van der Waals surface area contributed by atoms with Gasteiger partial charge in [-0.15, -0.1) is 12.4 Å². The summed E-state index contributed by atoms with van der Waals surface area (Å²) in [6.45, 7) is 10.5. The molecule has 0 aliphatic rings. The van der Waals surface area contributed by atoms with Gasteiger partial charge in [-0.05, 0) is 25.3 Å². The molecule has 5 nitrogen and oxygen atoms in total. The predicted octanol–water partition coefficient (Wildman–Crippen LogP) is 3.74. The molecule has 1 atom stereocenters. The van der Waals surface area contributed by atoms with Crippen molar-refractivity contribution in [2.24, 2.45) is 5.92 Å². The molecule has 2 heterocycles.